The number of aliphatic imine (C=N–C) groups is 1. The molecule has 8 rings (SSSR count). The molecule has 5 N–H and O–H groups in total. The van der Waals surface area contributed by atoms with E-state index in [1.807, 2.05) is 95.3 Å². The average molecular weight is 1220 g/mol. The number of nitrogens with zero attached hydrogens (tertiary/aromatic N) is 6. The van der Waals surface area contributed by atoms with Gasteiger partial charge in [-0.1, -0.05) is 37.6 Å². The molecule has 3 saturated heterocycles. The minimum atomic E-state index is -1.15. The summed E-state index contributed by atoms with van der Waals surface area (Å²) < 4.78 is 44.0. The Morgan fingerprint density at radius 3 is 2.10 bits per heavy atom. The quantitative estimate of drug-likeness (QED) is 0.0183. The van der Waals surface area contributed by atoms with Crippen molar-refractivity contribution in [3.8, 4) is 5.75 Å². The summed E-state index contributed by atoms with van der Waals surface area (Å²) in [6, 6.07) is 19.7. The monoisotopic (exact) mass is 1210 g/mol. The lowest BCUT2D eigenvalue weighted by molar-refractivity contribution is -0.136. The van der Waals surface area contributed by atoms with Crippen molar-refractivity contribution in [3.05, 3.63) is 125 Å². The molecule has 472 valence electrons. The maximum atomic E-state index is 15.4. The van der Waals surface area contributed by atoms with Gasteiger partial charge in [0.1, 0.15) is 29.0 Å². The Morgan fingerprint density at radius 1 is 0.795 bits per heavy atom. The van der Waals surface area contributed by atoms with E-state index in [1.165, 1.54) is 6.07 Å². The molecule has 23 heteroatoms. The summed E-state index contributed by atoms with van der Waals surface area (Å²) in [5, 5.41) is 8.93. The number of aromatic nitrogens is 1. The van der Waals surface area contributed by atoms with Gasteiger partial charge in [0.15, 0.2) is 0 Å². The second-order valence-corrected chi connectivity index (χ2v) is 23.3. The highest BCUT2D eigenvalue weighted by atomic mass is 19.1. The number of ether oxygens (including phenoxy) is 5. The van der Waals surface area contributed by atoms with E-state index in [1.54, 1.807) is 33.2 Å². The van der Waals surface area contributed by atoms with Crippen LogP contribution in [0.1, 0.15) is 147 Å². The first-order valence-electron chi connectivity index (χ1n) is 30.5. The van der Waals surface area contributed by atoms with E-state index in [-0.39, 0.29) is 66.6 Å². The van der Waals surface area contributed by atoms with Gasteiger partial charge in [-0.2, -0.15) is 0 Å². The van der Waals surface area contributed by atoms with E-state index in [0.717, 1.165) is 65.6 Å². The number of carbonyl (C=O) groups excluding carboxylic acids is 7. The lowest BCUT2D eigenvalue weighted by Crippen LogP contribution is -2.58. The van der Waals surface area contributed by atoms with Crippen LogP contribution in [0.15, 0.2) is 96.3 Å². The Balaban J connectivity index is 0.659. The first-order valence-corrected chi connectivity index (χ1v) is 30.5. The van der Waals surface area contributed by atoms with Gasteiger partial charge < -0.3 is 54.8 Å². The molecule has 0 aliphatic carbocycles. The fourth-order valence-corrected chi connectivity index (χ4v) is 10.9. The number of fused-ring (bicyclic) bond motifs is 1. The highest BCUT2D eigenvalue weighted by Gasteiger charge is 2.46. The van der Waals surface area contributed by atoms with Crippen LogP contribution in [0.2, 0.25) is 0 Å². The molecule has 7 amide bonds. The molecule has 2 atom stereocenters. The molecule has 4 aromatic rings. The van der Waals surface area contributed by atoms with Crippen LogP contribution in [0.3, 0.4) is 0 Å². The van der Waals surface area contributed by atoms with Gasteiger partial charge in [-0.05, 0) is 133 Å². The van der Waals surface area contributed by atoms with Crippen molar-refractivity contribution in [2.75, 3.05) is 95.7 Å². The van der Waals surface area contributed by atoms with Crippen LogP contribution >= 0.6 is 0 Å². The number of imide groups is 2. The van der Waals surface area contributed by atoms with Crippen molar-refractivity contribution < 1.29 is 61.6 Å². The molecular formula is C65H83FN10O12. The Labute approximate surface area is 513 Å². The normalized spacial score (nSPS) is 17.6. The Kier molecular flexibility index (Phi) is 23.2. The number of rotatable bonds is 28. The number of carbonyl (C=O) groups is 7. The van der Waals surface area contributed by atoms with Gasteiger partial charge in [0.2, 0.25) is 17.7 Å². The molecule has 0 saturated carbocycles. The third-order valence-corrected chi connectivity index (χ3v) is 15.7. The number of unbranched alkanes of at least 4 members (excludes halogenated alkanes) is 3. The molecule has 4 aliphatic heterocycles. The van der Waals surface area contributed by atoms with Crippen LogP contribution < -0.4 is 31.3 Å². The van der Waals surface area contributed by atoms with Crippen LogP contribution in [-0.2, 0) is 33.3 Å². The molecule has 1 aromatic heterocycles. The largest absolute Gasteiger partial charge is 0.494 e. The van der Waals surface area contributed by atoms with E-state index >= 15 is 4.39 Å². The third kappa shape index (κ3) is 17.7. The smallest absolute Gasteiger partial charge is 0.410 e. The number of nitrogens with one attached hydrogen (secondary N) is 3. The van der Waals surface area contributed by atoms with E-state index < -0.39 is 46.6 Å². The molecular weight excluding hydrogens is 1130 g/mol. The second kappa shape index (κ2) is 31.1. The molecule has 4 aliphatic rings. The summed E-state index contributed by atoms with van der Waals surface area (Å²) in [6.07, 6.45) is 10.7. The van der Waals surface area contributed by atoms with Gasteiger partial charge in [-0.3, -0.25) is 44.0 Å². The molecule has 22 nitrogen and oxygen atoms in total. The number of halogens is 1. The average Bonchev–Trinajstić information content (AvgIpc) is 2.26. The first-order chi connectivity index (χ1) is 42.3. The lowest BCUT2D eigenvalue weighted by Gasteiger charge is -2.42. The number of pyridine rings is 1. The van der Waals surface area contributed by atoms with Gasteiger partial charge in [0.05, 0.1) is 80.2 Å². The SMILES string of the molecule is CC/C=C(/N=C(N)C1(Nc2cccc(C(=O)N[C@H](C)c3ccc(OCCCCCCOCCOCCOCCC(=O)N4CCN(c5cc6c(cc5F)C(=O)N(C5CCC(=O)NC5=O)C6=O)CC4)cc3)c2)CCN(C(=O)OC(C)(C)C)CC1)c1ccncc1. The predicted molar refractivity (Wildman–Crippen MR) is 329 cm³/mol. The highest BCUT2D eigenvalue weighted by molar-refractivity contribution is 6.23. The number of hydrogen-bond acceptors (Lipinski definition) is 16. The topological polar surface area (TPSA) is 266 Å². The summed E-state index contributed by atoms with van der Waals surface area (Å²) in [5.74, 6) is -2.61. The van der Waals surface area contributed by atoms with Crippen molar-refractivity contribution in [2.24, 2.45) is 10.7 Å². The highest BCUT2D eigenvalue weighted by Crippen LogP contribution is 2.35. The van der Waals surface area contributed by atoms with Crippen LogP contribution in [-0.4, -0.2) is 170 Å². The zero-order valence-electron chi connectivity index (χ0n) is 51.1. The molecule has 3 fully saturated rings. The van der Waals surface area contributed by atoms with Gasteiger partial charge in [-0.15, -0.1) is 0 Å². The number of benzene rings is 3. The Hall–Kier alpha value is -8.28. The van der Waals surface area contributed by atoms with Crippen molar-refractivity contribution in [3.63, 3.8) is 0 Å². The summed E-state index contributed by atoms with van der Waals surface area (Å²) in [4.78, 5) is 105. The number of nitrogens with two attached hydrogens (primary N) is 1. The second-order valence-electron chi connectivity index (χ2n) is 23.3. The first kappa shape index (κ1) is 65.7. The van der Waals surface area contributed by atoms with E-state index in [2.05, 4.69) is 20.9 Å². The maximum absolute atomic E-state index is 15.4. The van der Waals surface area contributed by atoms with Crippen LogP contribution in [0.4, 0.5) is 20.6 Å². The summed E-state index contributed by atoms with van der Waals surface area (Å²) >= 11 is 0. The summed E-state index contributed by atoms with van der Waals surface area (Å²) in [6.45, 7) is 14.5. The number of piperidine rings is 2. The van der Waals surface area contributed by atoms with Crippen LogP contribution in [0.5, 0.6) is 5.75 Å². The van der Waals surface area contributed by atoms with E-state index in [9.17, 15) is 33.6 Å². The van der Waals surface area contributed by atoms with Gasteiger partial charge in [0.25, 0.3) is 17.7 Å². The molecule has 3 aromatic carbocycles. The minimum absolute atomic E-state index is 0.00148. The number of anilines is 2. The number of likely N-dealkylation sites (tertiary alicyclic amines) is 1. The molecule has 0 radical (unpaired) electrons. The van der Waals surface area contributed by atoms with Crippen LogP contribution in [0.25, 0.3) is 5.70 Å². The van der Waals surface area contributed by atoms with E-state index in [0.29, 0.717) is 109 Å². The molecule has 0 spiro atoms. The van der Waals surface area contributed by atoms with Crippen molar-refractivity contribution in [1.82, 2.24) is 30.3 Å². The Bertz CT molecular complexity index is 3160. The molecule has 88 heavy (non-hydrogen) atoms. The van der Waals surface area contributed by atoms with Crippen LogP contribution in [0, 0.1) is 5.82 Å². The number of hydrogen-bond donors (Lipinski definition) is 4. The minimum Gasteiger partial charge on any atom is -0.494 e. The third-order valence-electron chi connectivity index (χ3n) is 15.7. The fourth-order valence-electron chi connectivity index (χ4n) is 10.9. The van der Waals surface area contributed by atoms with Gasteiger partial charge in [-0.25, -0.2) is 14.2 Å². The summed E-state index contributed by atoms with van der Waals surface area (Å²) in [5.41, 5.74) is 9.19. The molecule has 5 heterocycles. The number of amides is 7. The van der Waals surface area contributed by atoms with Gasteiger partial charge >= 0.3 is 6.09 Å². The number of amidine groups is 1. The summed E-state index contributed by atoms with van der Waals surface area (Å²) in [7, 11) is 0. The molecule has 1 unspecified atom stereocenters. The maximum Gasteiger partial charge on any atom is 0.410 e. The predicted octanol–water partition coefficient (Wildman–Crippen LogP) is 7.83. The van der Waals surface area contributed by atoms with E-state index in [4.69, 9.17) is 34.4 Å². The number of piperazine rings is 1. The Morgan fingerprint density at radius 2 is 1.44 bits per heavy atom. The van der Waals surface area contributed by atoms with Gasteiger partial charge in [0, 0.05) is 81.5 Å². The number of allylic oxidation sites excluding steroid dienone is 1. The van der Waals surface area contributed by atoms with Crippen molar-refractivity contribution in [1.29, 1.82) is 0 Å². The zero-order chi connectivity index (χ0) is 62.8. The fraction of sp³-hybridized carbons (Fsp3) is 0.492. The zero-order valence-corrected chi connectivity index (χ0v) is 51.1. The lowest BCUT2D eigenvalue weighted by atomic mass is 9.85. The van der Waals surface area contributed by atoms with Crippen molar-refractivity contribution >= 4 is 64.4 Å². The standard InChI is InChI=1S/C65H83FN10O12/c1-6-12-53(46-21-26-68-27-22-46)70-62(67)65(24-28-75(29-25-65)63(83)88-64(3,4)5)72-48-14-11-13-47(41-48)58(79)69-44(2)45-15-17-49(18-16-45)87-35-10-8-7-9-34-84-37-39-86-40-38-85-36-23-57(78)74-32-30-73(31-33-74)55-43-51-50(42-52(55)66)60(81)76(61(51)82)54-19-20-56(77)71-59(54)80/h11-18,21-22,26-27,41-44,54,72H,6-10,19-20,23-25,28-40H2,1-5H3,(H2,67,70)(H,69,79)(H,71,77,80)/b53-12+/t44-,54?/m1/s1. The molecule has 0 bridgehead atoms. The van der Waals surface area contributed by atoms with Crippen molar-refractivity contribution in [2.45, 2.75) is 122 Å².